The van der Waals surface area contributed by atoms with Gasteiger partial charge in [0.15, 0.2) is 0 Å². The van der Waals surface area contributed by atoms with E-state index in [0.717, 1.165) is 17.9 Å². The van der Waals surface area contributed by atoms with Gasteiger partial charge in [-0.2, -0.15) is 0 Å². The lowest BCUT2D eigenvalue weighted by molar-refractivity contribution is 0.890. The zero-order valence-electron chi connectivity index (χ0n) is 10.1. The van der Waals surface area contributed by atoms with E-state index in [0.29, 0.717) is 10.7 Å². The summed E-state index contributed by atoms with van der Waals surface area (Å²) in [7, 11) is 1.97. The van der Waals surface area contributed by atoms with Crippen LogP contribution in [0, 0.1) is 0 Å². The number of aromatic nitrogens is 2. The molecule has 0 saturated heterocycles. The van der Waals surface area contributed by atoms with E-state index >= 15 is 0 Å². The van der Waals surface area contributed by atoms with Crippen LogP contribution < -0.4 is 10.6 Å². The highest BCUT2D eigenvalue weighted by atomic mass is 32.1. The molecule has 2 aromatic rings. The Bertz CT molecular complexity index is 542. The van der Waals surface area contributed by atoms with Crippen molar-refractivity contribution in [2.75, 3.05) is 11.9 Å². The van der Waals surface area contributed by atoms with Gasteiger partial charge in [-0.05, 0) is 23.8 Å². The number of anilines is 1. The molecule has 18 heavy (non-hydrogen) atoms. The number of hydrogen-bond acceptors (Lipinski definition) is 4. The summed E-state index contributed by atoms with van der Waals surface area (Å²) >= 11 is 4.92. The van der Waals surface area contributed by atoms with Gasteiger partial charge in [0.1, 0.15) is 10.8 Å². The Morgan fingerprint density at radius 1 is 1.33 bits per heavy atom. The van der Waals surface area contributed by atoms with Gasteiger partial charge in [0.2, 0.25) is 0 Å². The molecule has 2 aromatic heterocycles. The molecule has 0 bridgehead atoms. The largest absolute Gasteiger partial charge is 0.388 e. The highest BCUT2D eigenvalue weighted by Crippen LogP contribution is 2.12. The predicted octanol–water partition coefficient (Wildman–Crippen LogP) is 1.75. The molecule has 4 nitrogen and oxygen atoms in total. The molecule has 0 unspecified atom stereocenters. The number of nitrogens with two attached hydrogens (primary N) is 1. The van der Waals surface area contributed by atoms with Crippen LogP contribution in [0.5, 0.6) is 0 Å². The van der Waals surface area contributed by atoms with Crippen LogP contribution in [0.1, 0.15) is 11.3 Å². The van der Waals surface area contributed by atoms with Crippen molar-refractivity contribution in [2.24, 2.45) is 5.73 Å². The molecule has 92 valence electrons. The summed E-state index contributed by atoms with van der Waals surface area (Å²) in [4.78, 5) is 10.8. The van der Waals surface area contributed by atoms with Crippen molar-refractivity contribution in [1.29, 1.82) is 0 Å². The van der Waals surface area contributed by atoms with Gasteiger partial charge in [0.05, 0.1) is 5.69 Å². The number of hydrogen-bond donors (Lipinski definition) is 1. The van der Waals surface area contributed by atoms with Crippen molar-refractivity contribution in [3.05, 3.63) is 54.0 Å². The summed E-state index contributed by atoms with van der Waals surface area (Å²) < 4.78 is 0. The van der Waals surface area contributed by atoms with E-state index < -0.39 is 0 Å². The van der Waals surface area contributed by atoms with Gasteiger partial charge in [-0.15, -0.1) is 0 Å². The monoisotopic (exact) mass is 258 g/mol. The van der Waals surface area contributed by atoms with Gasteiger partial charge >= 0.3 is 0 Å². The smallest absolute Gasteiger partial charge is 0.129 e. The average molecular weight is 258 g/mol. The Morgan fingerprint density at radius 3 is 2.83 bits per heavy atom. The van der Waals surface area contributed by atoms with Gasteiger partial charge in [-0.1, -0.05) is 24.4 Å². The summed E-state index contributed by atoms with van der Waals surface area (Å²) in [5.41, 5.74) is 7.34. The highest BCUT2D eigenvalue weighted by molar-refractivity contribution is 7.80. The van der Waals surface area contributed by atoms with Crippen LogP contribution in [0.3, 0.4) is 0 Å². The van der Waals surface area contributed by atoms with E-state index in [2.05, 4.69) is 9.97 Å². The lowest BCUT2D eigenvalue weighted by Gasteiger charge is -2.18. The van der Waals surface area contributed by atoms with Crippen LogP contribution in [0.15, 0.2) is 42.7 Å². The van der Waals surface area contributed by atoms with Crippen LogP contribution in [0.4, 0.5) is 5.82 Å². The summed E-state index contributed by atoms with van der Waals surface area (Å²) in [6.07, 6.45) is 3.60. The fraction of sp³-hybridized carbons (Fsp3) is 0.154. The second kappa shape index (κ2) is 5.55. The van der Waals surface area contributed by atoms with Gasteiger partial charge in [-0.25, -0.2) is 4.98 Å². The Hall–Kier alpha value is -2.01. The molecule has 2 rings (SSSR count). The Kier molecular flexibility index (Phi) is 3.84. The third-order valence-electron chi connectivity index (χ3n) is 2.52. The maximum absolute atomic E-state index is 5.58. The van der Waals surface area contributed by atoms with Crippen molar-refractivity contribution in [1.82, 2.24) is 9.97 Å². The molecule has 0 aliphatic heterocycles. The maximum Gasteiger partial charge on any atom is 0.129 e. The standard InChI is InChI=1S/C13H14N4S/c1-17(9-10-4-3-7-15-8-10)12-6-2-5-11(16-12)13(14)18/h2-8H,9H2,1H3,(H2,14,18). The fourth-order valence-corrected chi connectivity index (χ4v) is 1.73. The Balaban J connectivity index is 2.16. The molecular weight excluding hydrogens is 244 g/mol. The number of nitrogens with zero attached hydrogens (tertiary/aromatic N) is 3. The number of rotatable bonds is 4. The molecule has 0 aliphatic carbocycles. The molecule has 5 heteroatoms. The summed E-state index contributed by atoms with van der Waals surface area (Å²) in [6.45, 7) is 0.738. The lowest BCUT2D eigenvalue weighted by atomic mass is 10.2. The molecule has 0 aliphatic rings. The third kappa shape index (κ3) is 3.01. The molecule has 0 radical (unpaired) electrons. The van der Waals surface area contributed by atoms with Crippen molar-refractivity contribution in [3.63, 3.8) is 0 Å². The zero-order chi connectivity index (χ0) is 13.0. The maximum atomic E-state index is 5.58. The Morgan fingerprint density at radius 2 is 2.17 bits per heavy atom. The van der Waals surface area contributed by atoms with Gasteiger partial charge in [0.25, 0.3) is 0 Å². The van der Waals surface area contributed by atoms with Crippen LogP contribution in [0.25, 0.3) is 0 Å². The molecule has 2 N–H and O–H groups in total. The van der Waals surface area contributed by atoms with Crippen LogP contribution >= 0.6 is 12.2 Å². The van der Waals surface area contributed by atoms with Crippen LogP contribution in [-0.4, -0.2) is 22.0 Å². The van der Waals surface area contributed by atoms with Crippen molar-refractivity contribution < 1.29 is 0 Å². The summed E-state index contributed by atoms with van der Waals surface area (Å²) in [5.74, 6) is 0.837. The molecule has 0 aromatic carbocycles. The average Bonchev–Trinajstić information content (AvgIpc) is 2.40. The fourth-order valence-electron chi connectivity index (χ4n) is 1.62. The van der Waals surface area contributed by atoms with E-state index in [1.165, 1.54) is 0 Å². The first-order valence-electron chi connectivity index (χ1n) is 5.54. The van der Waals surface area contributed by atoms with Gasteiger partial charge in [-0.3, -0.25) is 4.98 Å². The molecule has 0 spiro atoms. The Labute approximate surface area is 111 Å². The minimum atomic E-state index is 0.312. The first-order valence-corrected chi connectivity index (χ1v) is 5.94. The zero-order valence-corrected chi connectivity index (χ0v) is 10.9. The third-order valence-corrected chi connectivity index (χ3v) is 2.73. The van der Waals surface area contributed by atoms with Crippen LogP contribution in [0.2, 0.25) is 0 Å². The van der Waals surface area contributed by atoms with Crippen molar-refractivity contribution >= 4 is 23.0 Å². The summed E-state index contributed by atoms with van der Waals surface area (Å²) in [6, 6.07) is 9.58. The van der Waals surface area contributed by atoms with Crippen molar-refractivity contribution in [2.45, 2.75) is 6.54 Å². The predicted molar refractivity (Wildman–Crippen MR) is 76.5 cm³/mol. The van der Waals surface area contributed by atoms with E-state index in [1.54, 1.807) is 6.20 Å². The summed E-state index contributed by atoms with van der Waals surface area (Å²) in [5, 5.41) is 0. The molecule has 0 amide bonds. The van der Waals surface area contributed by atoms with E-state index in [1.807, 2.05) is 48.5 Å². The topological polar surface area (TPSA) is 55.0 Å². The number of pyridine rings is 2. The quantitative estimate of drug-likeness (QED) is 0.847. The van der Waals surface area contributed by atoms with E-state index in [9.17, 15) is 0 Å². The SMILES string of the molecule is CN(Cc1cccnc1)c1cccc(C(N)=S)n1. The van der Waals surface area contributed by atoms with Gasteiger partial charge < -0.3 is 10.6 Å². The molecule has 0 saturated carbocycles. The van der Waals surface area contributed by atoms with E-state index in [4.69, 9.17) is 18.0 Å². The molecule has 0 fully saturated rings. The first-order chi connectivity index (χ1) is 8.66. The molecular formula is C13H14N4S. The molecule has 2 heterocycles. The second-order valence-corrected chi connectivity index (χ2v) is 4.40. The van der Waals surface area contributed by atoms with Gasteiger partial charge in [0, 0.05) is 26.0 Å². The number of thiocarbonyl (C=S) groups is 1. The minimum Gasteiger partial charge on any atom is -0.388 e. The van der Waals surface area contributed by atoms with E-state index in [-0.39, 0.29) is 0 Å². The highest BCUT2D eigenvalue weighted by Gasteiger charge is 2.05. The van der Waals surface area contributed by atoms with Crippen molar-refractivity contribution in [3.8, 4) is 0 Å². The minimum absolute atomic E-state index is 0.312. The normalized spacial score (nSPS) is 10.1. The van der Waals surface area contributed by atoms with Crippen LogP contribution in [-0.2, 0) is 6.54 Å². The molecule has 0 atom stereocenters. The second-order valence-electron chi connectivity index (χ2n) is 3.96. The first kappa shape index (κ1) is 12.4. The lowest BCUT2D eigenvalue weighted by Crippen LogP contribution is -2.20.